The number of nitrogens with one attached hydrogen (secondary N) is 1. The molecule has 0 amide bonds. The highest BCUT2D eigenvalue weighted by Gasteiger charge is 2.29. The normalized spacial score (nSPS) is 28.3. The Balaban J connectivity index is 2.09. The van der Waals surface area contributed by atoms with E-state index in [1.165, 1.54) is 0 Å². The van der Waals surface area contributed by atoms with E-state index in [0.717, 1.165) is 19.3 Å². The van der Waals surface area contributed by atoms with Crippen molar-refractivity contribution in [2.24, 2.45) is 5.92 Å². The summed E-state index contributed by atoms with van der Waals surface area (Å²) in [5, 5.41) is 3.17. The van der Waals surface area contributed by atoms with Gasteiger partial charge in [-0.15, -0.1) is 0 Å². The van der Waals surface area contributed by atoms with Crippen molar-refractivity contribution in [1.82, 2.24) is 5.32 Å². The first kappa shape index (κ1) is 12.2. The average molecular weight is 227 g/mol. The summed E-state index contributed by atoms with van der Waals surface area (Å²) >= 11 is 0.109. The van der Waals surface area contributed by atoms with Crippen molar-refractivity contribution in [3.63, 3.8) is 0 Å². The fraction of sp³-hybridized carbons (Fsp3) is 1.00. The molecule has 1 saturated carbocycles. The summed E-state index contributed by atoms with van der Waals surface area (Å²) < 4.78 is 35.5. The third-order valence-electron chi connectivity index (χ3n) is 2.74. The molecule has 84 valence electrons. The van der Waals surface area contributed by atoms with Crippen molar-refractivity contribution in [1.29, 1.82) is 0 Å². The minimum atomic E-state index is -4.05. The molecule has 0 aromatic carbocycles. The van der Waals surface area contributed by atoms with Crippen LogP contribution in [-0.2, 0) is 0 Å². The molecule has 1 rings (SSSR count). The standard InChI is InChI=1S/C9H16F3NS/c1-13-8-3-2-7(6-8)4-5-14-9(10,11)12/h7-8,13H,2-6H2,1H3. The lowest BCUT2D eigenvalue weighted by Crippen LogP contribution is -2.21. The van der Waals surface area contributed by atoms with Gasteiger partial charge in [0.15, 0.2) is 0 Å². The second-order valence-electron chi connectivity index (χ2n) is 3.75. The molecule has 0 aromatic rings. The van der Waals surface area contributed by atoms with Crippen molar-refractivity contribution in [2.75, 3.05) is 12.8 Å². The van der Waals surface area contributed by atoms with E-state index < -0.39 is 5.51 Å². The quantitative estimate of drug-likeness (QED) is 0.792. The second-order valence-corrected chi connectivity index (χ2v) is 4.91. The molecule has 0 aromatic heterocycles. The summed E-state index contributed by atoms with van der Waals surface area (Å²) in [6, 6.07) is 0.524. The van der Waals surface area contributed by atoms with Crippen molar-refractivity contribution in [3.05, 3.63) is 0 Å². The van der Waals surface area contributed by atoms with Gasteiger partial charge in [-0.05, 0) is 38.6 Å². The topological polar surface area (TPSA) is 12.0 Å². The van der Waals surface area contributed by atoms with Crippen LogP contribution in [0.15, 0.2) is 0 Å². The molecule has 1 aliphatic rings. The van der Waals surface area contributed by atoms with E-state index in [4.69, 9.17) is 0 Å². The molecular formula is C9H16F3NS. The summed E-state index contributed by atoms with van der Waals surface area (Å²) in [5.74, 6) is 0.701. The van der Waals surface area contributed by atoms with Gasteiger partial charge in [-0.25, -0.2) is 0 Å². The average Bonchev–Trinajstić information content (AvgIpc) is 2.50. The van der Waals surface area contributed by atoms with Crippen LogP contribution in [0.25, 0.3) is 0 Å². The lowest BCUT2D eigenvalue weighted by molar-refractivity contribution is -0.0328. The lowest BCUT2D eigenvalue weighted by Gasteiger charge is -2.11. The lowest BCUT2D eigenvalue weighted by atomic mass is 10.1. The van der Waals surface area contributed by atoms with Crippen LogP contribution in [-0.4, -0.2) is 24.4 Å². The summed E-state index contributed by atoms with van der Waals surface area (Å²) in [6.45, 7) is 0. The first-order chi connectivity index (χ1) is 6.51. The van der Waals surface area contributed by atoms with E-state index in [-0.39, 0.29) is 17.5 Å². The molecule has 1 fully saturated rings. The molecular weight excluding hydrogens is 211 g/mol. The molecule has 1 nitrogen and oxygen atoms in total. The van der Waals surface area contributed by atoms with Gasteiger partial charge in [0.25, 0.3) is 0 Å². The van der Waals surface area contributed by atoms with Gasteiger partial charge in [0.1, 0.15) is 0 Å². The van der Waals surface area contributed by atoms with Crippen LogP contribution in [0.3, 0.4) is 0 Å². The van der Waals surface area contributed by atoms with E-state index >= 15 is 0 Å². The smallest absolute Gasteiger partial charge is 0.317 e. The Hall–Kier alpha value is 0.100. The van der Waals surface area contributed by atoms with E-state index in [1.807, 2.05) is 7.05 Å². The Morgan fingerprint density at radius 1 is 1.36 bits per heavy atom. The van der Waals surface area contributed by atoms with Crippen LogP contribution in [0.1, 0.15) is 25.7 Å². The maximum absolute atomic E-state index is 11.8. The molecule has 0 heterocycles. The Bertz CT molecular complexity index is 172. The van der Waals surface area contributed by atoms with Crippen molar-refractivity contribution >= 4 is 11.8 Å². The summed E-state index contributed by atoms with van der Waals surface area (Å²) in [4.78, 5) is 0. The molecule has 1 aliphatic carbocycles. The molecule has 2 unspecified atom stereocenters. The van der Waals surface area contributed by atoms with E-state index in [0.29, 0.717) is 18.4 Å². The minimum Gasteiger partial charge on any atom is -0.317 e. The van der Waals surface area contributed by atoms with Gasteiger partial charge in [-0.1, -0.05) is 11.8 Å². The zero-order valence-corrected chi connectivity index (χ0v) is 9.05. The highest BCUT2D eigenvalue weighted by Crippen LogP contribution is 2.34. The van der Waals surface area contributed by atoms with Gasteiger partial charge >= 0.3 is 5.51 Å². The number of thioether (sulfide) groups is 1. The van der Waals surface area contributed by atoms with Crippen LogP contribution in [0.2, 0.25) is 0 Å². The Labute approximate surface area is 86.8 Å². The first-order valence-corrected chi connectivity index (χ1v) is 5.88. The number of halogens is 3. The SMILES string of the molecule is CNC1CCC(CCSC(F)(F)F)C1. The maximum Gasteiger partial charge on any atom is 0.441 e. The molecule has 5 heteroatoms. The van der Waals surface area contributed by atoms with Crippen molar-refractivity contribution < 1.29 is 13.2 Å². The molecule has 2 atom stereocenters. The first-order valence-electron chi connectivity index (χ1n) is 4.89. The Morgan fingerprint density at radius 3 is 2.57 bits per heavy atom. The molecule has 0 aliphatic heterocycles. The van der Waals surface area contributed by atoms with Crippen LogP contribution < -0.4 is 5.32 Å². The van der Waals surface area contributed by atoms with Gasteiger partial charge in [-0.3, -0.25) is 0 Å². The van der Waals surface area contributed by atoms with E-state index in [9.17, 15) is 13.2 Å². The molecule has 1 N–H and O–H groups in total. The Morgan fingerprint density at radius 2 is 2.07 bits per heavy atom. The summed E-state index contributed by atoms with van der Waals surface area (Å²) in [7, 11) is 1.91. The fourth-order valence-electron chi connectivity index (χ4n) is 1.94. The van der Waals surface area contributed by atoms with Crippen molar-refractivity contribution in [2.45, 2.75) is 37.2 Å². The third-order valence-corrected chi connectivity index (χ3v) is 3.51. The van der Waals surface area contributed by atoms with Crippen LogP contribution in [0.5, 0.6) is 0 Å². The molecule has 0 saturated heterocycles. The zero-order chi connectivity index (χ0) is 10.6. The molecule has 14 heavy (non-hydrogen) atoms. The van der Waals surface area contributed by atoms with Crippen molar-refractivity contribution in [3.8, 4) is 0 Å². The monoisotopic (exact) mass is 227 g/mol. The predicted molar refractivity (Wildman–Crippen MR) is 53.3 cm³/mol. The number of hydrogen-bond donors (Lipinski definition) is 1. The number of rotatable bonds is 4. The highest BCUT2D eigenvalue weighted by molar-refractivity contribution is 8.00. The van der Waals surface area contributed by atoms with Gasteiger partial charge in [0.2, 0.25) is 0 Å². The maximum atomic E-state index is 11.8. The third kappa shape index (κ3) is 4.55. The van der Waals surface area contributed by atoms with Gasteiger partial charge in [0.05, 0.1) is 0 Å². The summed E-state index contributed by atoms with van der Waals surface area (Å²) in [5.41, 5.74) is -4.05. The van der Waals surface area contributed by atoms with Crippen LogP contribution in [0.4, 0.5) is 13.2 Å². The number of hydrogen-bond acceptors (Lipinski definition) is 2. The molecule has 0 spiro atoms. The largest absolute Gasteiger partial charge is 0.441 e. The van der Waals surface area contributed by atoms with E-state index in [1.54, 1.807) is 0 Å². The van der Waals surface area contributed by atoms with Crippen LogP contribution in [0, 0.1) is 5.92 Å². The molecule has 0 radical (unpaired) electrons. The van der Waals surface area contributed by atoms with E-state index in [2.05, 4.69) is 5.32 Å². The highest BCUT2D eigenvalue weighted by atomic mass is 32.2. The minimum absolute atomic E-state index is 0.109. The molecule has 0 bridgehead atoms. The Kier molecular flexibility index (Phi) is 4.57. The fourth-order valence-corrected chi connectivity index (χ4v) is 2.62. The summed E-state index contributed by atoms with van der Waals surface area (Å²) in [6.07, 6.45) is 3.92. The van der Waals surface area contributed by atoms with Gasteiger partial charge in [0, 0.05) is 11.8 Å². The zero-order valence-electron chi connectivity index (χ0n) is 8.23. The van der Waals surface area contributed by atoms with Gasteiger partial charge < -0.3 is 5.32 Å². The van der Waals surface area contributed by atoms with Crippen LogP contribution >= 0.6 is 11.8 Å². The second kappa shape index (κ2) is 5.26. The predicted octanol–water partition coefficient (Wildman–Crippen LogP) is 3.02. The van der Waals surface area contributed by atoms with Gasteiger partial charge in [-0.2, -0.15) is 13.2 Å². The number of alkyl halides is 3.